The molecule has 3 heteroatoms. The maximum Gasteiger partial charge on any atom is 0.201 e. The van der Waals surface area contributed by atoms with Gasteiger partial charge < -0.3 is 4.74 Å². The van der Waals surface area contributed by atoms with Crippen LogP contribution in [0.5, 0.6) is 5.75 Å². The van der Waals surface area contributed by atoms with Crippen LogP contribution in [0.2, 0.25) is 0 Å². The highest BCUT2D eigenvalue weighted by molar-refractivity contribution is 5.67. The summed E-state index contributed by atoms with van der Waals surface area (Å²) in [7, 11) is 0. The molecular formula is C35H50F2O. The highest BCUT2D eigenvalue weighted by atomic mass is 19.2. The fourth-order valence-electron chi connectivity index (χ4n) is 7.06. The predicted molar refractivity (Wildman–Crippen MR) is 156 cm³/mol. The van der Waals surface area contributed by atoms with E-state index >= 15 is 0 Å². The summed E-state index contributed by atoms with van der Waals surface area (Å²) in [6.45, 7) is 4.59. The topological polar surface area (TPSA) is 9.23 Å². The molecule has 1 atom stereocenters. The standard InChI is InChI=1S/C35H50F2O/c1-3-5-7-8-26-11-17-29(18-12-26)30-19-13-27(14-20-30)9-10-28-15-21-31(22-16-28)32-23-24-33(35(37)34(32)36)38-25-6-4-2/h3,5,9-10,21,23-24,26-30H,4,6-8,11-20,22,25H2,1-2H3/b5-3+,10-9+. The third kappa shape index (κ3) is 8.06. The van der Waals surface area contributed by atoms with Gasteiger partial charge >= 0.3 is 0 Å². The quantitative estimate of drug-likeness (QED) is 0.207. The normalized spacial score (nSPS) is 28.6. The van der Waals surface area contributed by atoms with Crippen molar-refractivity contribution in [1.82, 2.24) is 0 Å². The van der Waals surface area contributed by atoms with Crippen LogP contribution in [0.4, 0.5) is 8.78 Å². The maximum atomic E-state index is 14.8. The second-order valence-electron chi connectivity index (χ2n) is 12.2. The number of halogens is 2. The second kappa shape index (κ2) is 15.0. The molecule has 2 saturated carbocycles. The summed E-state index contributed by atoms with van der Waals surface area (Å²) >= 11 is 0. The maximum absolute atomic E-state index is 14.8. The molecule has 3 aliphatic rings. The fraction of sp³-hybridized carbons (Fsp3) is 0.657. The van der Waals surface area contributed by atoms with Gasteiger partial charge in [0.2, 0.25) is 5.82 Å². The van der Waals surface area contributed by atoms with E-state index in [1.54, 1.807) is 12.1 Å². The van der Waals surface area contributed by atoms with Gasteiger partial charge in [0.15, 0.2) is 11.6 Å². The van der Waals surface area contributed by atoms with Crippen molar-refractivity contribution in [3.8, 4) is 5.75 Å². The van der Waals surface area contributed by atoms with E-state index in [0.29, 0.717) is 18.1 Å². The molecule has 210 valence electrons. The van der Waals surface area contributed by atoms with E-state index in [2.05, 4.69) is 37.3 Å². The van der Waals surface area contributed by atoms with Crippen molar-refractivity contribution < 1.29 is 13.5 Å². The molecule has 0 radical (unpaired) electrons. The van der Waals surface area contributed by atoms with Gasteiger partial charge in [0.05, 0.1) is 6.61 Å². The van der Waals surface area contributed by atoms with Crippen LogP contribution in [0.3, 0.4) is 0 Å². The summed E-state index contributed by atoms with van der Waals surface area (Å²) in [5, 5.41) is 0. The molecule has 3 aliphatic carbocycles. The minimum atomic E-state index is -0.852. The summed E-state index contributed by atoms with van der Waals surface area (Å²) < 4.78 is 34.7. The van der Waals surface area contributed by atoms with Crippen molar-refractivity contribution in [2.24, 2.45) is 29.6 Å². The number of rotatable bonds is 11. The third-order valence-corrected chi connectivity index (χ3v) is 9.61. The van der Waals surface area contributed by atoms with Crippen LogP contribution in [0.25, 0.3) is 5.57 Å². The summed E-state index contributed by atoms with van der Waals surface area (Å²) in [6.07, 6.45) is 30.0. The minimum Gasteiger partial charge on any atom is -0.490 e. The van der Waals surface area contributed by atoms with Gasteiger partial charge in [0, 0.05) is 5.56 Å². The lowest BCUT2D eigenvalue weighted by atomic mass is 9.68. The first-order valence-corrected chi connectivity index (χ1v) is 15.7. The highest BCUT2D eigenvalue weighted by Gasteiger charge is 2.30. The molecule has 1 nitrogen and oxygen atoms in total. The van der Waals surface area contributed by atoms with E-state index in [0.717, 1.165) is 61.3 Å². The Balaban J connectivity index is 1.20. The monoisotopic (exact) mass is 524 g/mol. The molecule has 0 aromatic heterocycles. The molecule has 1 aromatic rings. The van der Waals surface area contributed by atoms with Gasteiger partial charge in [-0.05, 0) is 131 Å². The number of benzene rings is 1. The molecule has 0 aliphatic heterocycles. The van der Waals surface area contributed by atoms with Gasteiger partial charge in [-0.2, -0.15) is 4.39 Å². The first-order valence-electron chi connectivity index (χ1n) is 15.7. The van der Waals surface area contributed by atoms with Crippen molar-refractivity contribution in [2.75, 3.05) is 6.61 Å². The van der Waals surface area contributed by atoms with Crippen molar-refractivity contribution in [2.45, 2.75) is 110 Å². The van der Waals surface area contributed by atoms with E-state index in [1.807, 2.05) is 6.92 Å². The number of hydrogen-bond donors (Lipinski definition) is 0. The van der Waals surface area contributed by atoms with Gasteiger partial charge in [-0.3, -0.25) is 0 Å². The van der Waals surface area contributed by atoms with Gasteiger partial charge in [0.25, 0.3) is 0 Å². The SMILES string of the molecule is C/C=C/CCC1CCC(C2CCC(/C=C/C3CC=C(c4ccc(OCCCC)c(F)c4F)CC3)CC2)CC1. The number of hydrogen-bond acceptors (Lipinski definition) is 1. The first kappa shape index (κ1) is 29.1. The molecular weight excluding hydrogens is 474 g/mol. The summed E-state index contributed by atoms with van der Waals surface area (Å²) in [5.41, 5.74) is 1.33. The zero-order chi connectivity index (χ0) is 26.7. The van der Waals surface area contributed by atoms with Crippen molar-refractivity contribution in [3.63, 3.8) is 0 Å². The average Bonchev–Trinajstić information content (AvgIpc) is 2.96. The number of allylic oxidation sites excluding steroid dienone is 6. The Labute approximate surface area is 230 Å². The van der Waals surface area contributed by atoms with Crippen LogP contribution in [-0.2, 0) is 0 Å². The fourth-order valence-corrected chi connectivity index (χ4v) is 7.06. The van der Waals surface area contributed by atoms with Gasteiger partial charge in [-0.1, -0.05) is 56.6 Å². The van der Waals surface area contributed by atoms with Crippen molar-refractivity contribution in [3.05, 3.63) is 59.7 Å². The lowest BCUT2D eigenvalue weighted by Crippen LogP contribution is -2.25. The molecule has 1 unspecified atom stereocenters. The Kier molecular flexibility index (Phi) is 11.5. The van der Waals surface area contributed by atoms with Gasteiger partial charge in [0.1, 0.15) is 0 Å². The van der Waals surface area contributed by atoms with Crippen molar-refractivity contribution >= 4 is 5.57 Å². The zero-order valence-electron chi connectivity index (χ0n) is 23.9. The van der Waals surface area contributed by atoms with E-state index < -0.39 is 11.6 Å². The largest absolute Gasteiger partial charge is 0.490 e. The Morgan fingerprint density at radius 3 is 2.24 bits per heavy atom. The molecule has 0 spiro atoms. The zero-order valence-corrected chi connectivity index (χ0v) is 23.9. The molecule has 0 bridgehead atoms. The Bertz CT molecular complexity index is 945. The Hall–Kier alpha value is -1.90. The second-order valence-corrected chi connectivity index (χ2v) is 12.2. The van der Waals surface area contributed by atoms with E-state index in [9.17, 15) is 8.78 Å². The molecule has 2 fully saturated rings. The lowest BCUT2D eigenvalue weighted by Gasteiger charge is -2.37. The van der Waals surface area contributed by atoms with Gasteiger partial charge in [-0.15, -0.1) is 0 Å². The first-order chi connectivity index (χ1) is 18.6. The molecule has 0 amide bonds. The Morgan fingerprint density at radius 2 is 1.58 bits per heavy atom. The highest BCUT2D eigenvalue weighted by Crippen LogP contribution is 2.43. The van der Waals surface area contributed by atoms with Crippen LogP contribution < -0.4 is 4.74 Å². The van der Waals surface area contributed by atoms with E-state index in [4.69, 9.17) is 4.74 Å². The molecule has 1 aromatic carbocycles. The smallest absolute Gasteiger partial charge is 0.201 e. The number of ether oxygens (including phenoxy) is 1. The lowest BCUT2D eigenvalue weighted by molar-refractivity contribution is 0.153. The summed E-state index contributed by atoms with van der Waals surface area (Å²) in [6, 6.07) is 3.28. The molecule has 4 rings (SSSR count). The minimum absolute atomic E-state index is 0.0272. The van der Waals surface area contributed by atoms with E-state index in [-0.39, 0.29) is 5.75 Å². The molecule has 0 saturated heterocycles. The molecule has 0 heterocycles. The van der Waals surface area contributed by atoms with Crippen LogP contribution in [0, 0.1) is 41.2 Å². The van der Waals surface area contributed by atoms with Crippen LogP contribution in [0.1, 0.15) is 116 Å². The van der Waals surface area contributed by atoms with Crippen LogP contribution >= 0.6 is 0 Å². The van der Waals surface area contributed by atoms with Crippen molar-refractivity contribution in [1.29, 1.82) is 0 Å². The third-order valence-electron chi connectivity index (χ3n) is 9.61. The molecule has 0 N–H and O–H groups in total. The predicted octanol–water partition coefficient (Wildman–Crippen LogP) is 10.9. The van der Waals surface area contributed by atoms with E-state index in [1.165, 1.54) is 64.2 Å². The summed E-state index contributed by atoms with van der Waals surface area (Å²) in [5.74, 6) is 2.54. The van der Waals surface area contributed by atoms with Crippen LogP contribution in [-0.4, -0.2) is 6.61 Å². The van der Waals surface area contributed by atoms with Crippen LogP contribution in [0.15, 0.2) is 42.5 Å². The van der Waals surface area contributed by atoms with Gasteiger partial charge in [-0.25, -0.2) is 4.39 Å². The Morgan fingerprint density at radius 1 is 0.868 bits per heavy atom. The average molecular weight is 525 g/mol. The summed E-state index contributed by atoms with van der Waals surface area (Å²) in [4.78, 5) is 0. The number of unbranched alkanes of at least 4 members (excludes halogenated alkanes) is 1. The molecule has 38 heavy (non-hydrogen) atoms.